The van der Waals surface area contributed by atoms with Crippen LogP contribution in [0.2, 0.25) is 5.02 Å². The van der Waals surface area contributed by atoms with Gasteiger partial charge in [-0.3, -0.25) is 11.3 Å². The summed E-state index contributed by atoms with van der Waals surface area (Å²) < 4.78 is 13.2. The van der Waals surface area contributed by atoms with E-state index in [1.807, 2.05) is 0 Å². The van der Waals surface area contributed by atoms with E-state index in [2.05, 4.69) is 19.3 Å². The van der Waals surface area contributed by atoms with Crippen LogP contribution in [-0.2, 0) is 0 Å². The first-order valence-corrected chi connectivity index (χ1v) is 7.06. The van der Waals surface area contributed by atoms with E-state index >= 15 is 0 Å². The van der Waals surface area contributed by atoms with Crippen molar-refractivity contribution in [1.29, 1.82) is 0 Å². The Morgan fingerprint density at radius 3 is 2.71 bits per heavy atom. The highest BCUT2D eigenvalue weighted by Gasteiger charge is 2.14. The standard InChI is InChI=1S/C12H18ClFN2S/c1-8(2)6-17-7-12(16-15)10-5-9(14)3-4-11(10)13/h3-5,8,12,16H,6-7,15H2,1-2H3. The molecule has 1 rings (SSSR count). The van der Waals surface area contributed by atoms with E-state index in [0.29, 0.717) is 16.5 Å². The van der Waals surface area contributed by atoms with Gasteiger partial charge >= 0.3 is 0 Å². The van der Waals surface area contributed by atoms with Crippen LogP contribution in [0.3, 0.4) is 0 Å². The second-order valence-electron chi connectivity index (χ2n) is 4.32. The van der Waals surface area contributed by atoms with Crippen LogP contribution in [0.4, 0.5) is 4.39 Å². The summed E-state index contributed by atoms with van der Waals surface area (Å²) in [6.45, 7) is 4.32. The Balaban J connectivity index is 2.68. The topological polar surface area (TPSA) is 38.0 Å². The van der Waals surface area contributed by atoms with Crippen LogP contribution in [-0.4, -0.2) is 11.5 Å². The molecule has 1 atom stereocenters. The molecule has 1 unspecified atom stereocenters. The Hall–Kier alpha value is -0.290. The van der Waals surface area contributed by atoms with Crippen LogP contribution < -0.4 is 11.3 Å². The molecule has 0 heterocycles. The Labute approximate surface area is 111 Å². The highest BCUT2D eigenvalue weighted by molar-refractivity contribution is 7.99. The van der Waals surface area contributed by atoms with Crippen molar-refractivity contribution in [2.24, 2.45) is 11.8 Å². The zero-order chi connectivity index (χ0) is 12.8. The van der Waals surface area contributed by atoms with Crippen LogP contribution in [0.1, 0.15) is 25.5 Å². The Morgan fingerprint density at radius 2 is 2.12 bits per heavy atom. The average molecular weight is 277 g/mol. The zero-order valence-corrected chi connectivity index (χ0v) is 11.6. The number of rotatable bonds is 6. The van der Waals surface area contributed by atoms with E-state index in [1.54, 1.807) is 17.8 Å². The molecular formula is C12H18ClFN2S. The van der Waals surface area contributed by atoms with Gasteiger partial charge in [0, 0.05) is 10.8 Å². The van der Waals surface area contributed by atoms with Crippen molar-refractivity contribution >= 4 is 23.4 Å². The molecule has 0 radical (unpaired) electrons. The number of hydrogen-bond acceptors (Lipinski definition) is 3. The van der Waals surface area contributed by atoms with Gasteiger partial charge in [-0.15, -0.1) is 0 Å². The maximum absolute atomic E-state index is 13.2. The molecule has 1 aromatic carbocycles. The van der Waals surface area contributed by atoms with Crippen LogP contribution in [0.25, 0.3) is 0 Å². The van der Waals surface area contributed by atoms with E-state index in [-0.39, 0.29) is 11.9 Å². The van der Waals surface area contributed by atoms with E-state index in [1.165, 1.54) is 12.1 Å². The number of thioether (sulfide) groups is 1. The Morgan fingerprint density at radius 1 is 1.41 bits per heavy atom. The van der Waals surface area contributed by atoms with Crippen LogP contribution in [0, 0.1) is 11.7 Å². The minimum atomic E-state index is -0.293. The molecule has 0 spiro atoms. The fourth-order valence-corrected chi connectivity index (χ4v) is 2.80. The highest BCUT2D eigenvalue weighted by Crippen LogP contribution is 2.26. The fraction of sp³-hybridized carbons (Fsp3) is 0.500. The third-order valence-electron chi connectivity index (χ3n) is 2.27. The molecule has 0 fully saturated rings. The van der Waals surface area contributed by atoms with Gasteiger partial charge in [-0.05, 0) is 35.4 Å². The van der Waals surface area contributed by atoms with Crippen molar-refractivity contribution < 1.29 is 4.39 Å². The summed E-state index contributed by atoms with van der Waals surface area (Å²) in [5.41, 5.74) is 3.40. The van der Waals surface area contributed by atoms with Crippen LogP contribution >= 0.6 is 23.4 Å². The summed E-state index contributed by atoms with van der Waals surface area (Å²) in [4.78, 5) is 0. The number of benzene rings is 1. The smallest absolute Gasteiger partial charge is 0.123 e. The lowest BCUT2D eigenvalue weighted by molar-refractivity contribution is 0.591. The van der Waals surface area contributed by atoms with Gasteiger partial charge in [-0.1, -0.05) is 25.4 Å². The van der Waals surface area contributed by atoms with Gasteiger partial charge in [0.25, 0.3) is 0 Å². The Kier molecular flexibility index (Phi) is 6.27. The summed E-state index contributed by atoms with van der Waals surface area (Å²) in [6.07, 6.45) is 0. The maximum Gasteiger partial charge on any atom is 0.123 e. The lowest BCUT2D eigenvalue weighted by Crippen LogP contribution is -2.30. The van der Waals surface area contributed by atoms with Gasteiger partial charge in [-0.25, -0.2) is 4.39 Å². The lowest BCUT2D eigenvalue weighted by Gasteiger charge is -2.18. The van der Waals surface area contributed by atoms with E-state index in [0.717, 1.165) is 11.5 Å². The van der Waals surface area contributed by atoms with Gasteiger partial charge in [0.2, 0.25) is 0 Å². The average Bonchev–Trinajstić information content (AvgIpc) is 2.28. The van der Waals surface area contributed by atoms with E-state index in [4.69, 9.17) is 17.4 Å². The molecule has 0 aliphatic heterocycles. The summed E-state index contributed by atoms with van der Waals surface area (Å²) in [6, 6.07) is 4.22. The SMILES string of the molecule is CC(C)CSCC(NN)c1cc(F)ccc1Cl. The third-order valence-corrected chi connectivity index (χ3v) is 4.09. The summed E-state index contributed by atoms with van der Waals surface area (Å²) >= 11 is 7.82. The van der Waals surface area contributed by atoms with Crippen LogP contribution in [0.15, 0.2) is 18.2 Å². The van der Waals surface area contributed by atoms with Crippen molar-refractivity contribution in [2.75, 3.05) is 11.5 Å². The molecular weight excluding hydrogens is 259 g/mol. The van der Waals surface area contributed by atoms with Gasteiger partial charge in [0.1, 0.15) is 5.82 Å². The minimum absolute atomic E-state index is 0.123. The monoisotopic (exact) mass is 276 g/mol. The largest absolute Gasteiger partial charge is 0.271 e. The first-order valence-electron chi connectivity index (χ1n) is 5.53. The van der Waals surface area contributed by atoms with Crippen LogP contribution in [0.5, 0.6) is 0 Å². The normalized spacial score (nSPS) is 13.1. The molecule has 0 bridgehead atoms. The molecule has 0 saturated carbocycles. The van der Waals surface area contributed by atoms with Crippen molar-refractivity contribution in [2.45, 2.75) is 19.9 Å². The molecule has 17 heavy (non-hydrogen) atoms. The molecule has 1 aromatic rings. The zero-order valence-electron chi connectivity index (χ0n) is 10.0. The van der Waals surface area contributed by atoms with E-state index in [9.17, 15) is 4.39 Å². The molecule has 2 nitrogen and oxygen atoms in total. The number of hydrazine groups is 1. The first kappa shape index (κ1) is 14.8. The molecule has 0 aliphatic rings. The number of nitrogens with two attached hydrogens (primary N) is 1. The fourth-order valence-electron chi connectivity index (χ4n) is 1.43. The van der Waals surface area contributed by atoms with Crippen molar-refractivity contribution in [3.63, 3.8) is 0 Å². The van der Waals surface area contributed by atoms with Crippen molar-refractivity contribution in [3.05, 3.63) is 34.6 Å². The number of hydrogen-bond donors (Lipinski definition) is 2. The van der Waals surface area contributed by atoms with E-state index < -0.39 is 0 Å². The quantitative estimate of drug-likeness (QED) is 0.618. The molecule has 0 aliphatic carbocycles. The minimum Gasteiger partial charge on any atom is -0.271 e. The van der Waals surface area contributed by atoms with Gasteiger partial charge in [-0.2, -0.15) is 11.8 Å². The predicted octanol–water partition coefficient (Wildman–Crippen LogP) is 3.37. The molecule has 0 aromatic heterocycles. The predicted molar refractivity (Wildman–Crippen MR) is 73.6 cm³/mol. The van der Waals surface area contributed by atoms with Crippen molar-refractivity contribution in [1.82, 2.24) is 5.43 Å². The maximum atomic E-state index is 13.2. The molecule has 96 valence electrons. The molecule has 3 N–H and O–H groups in total. The Bertz CT molecular complexity index is 360. The second kappa shape index (κ2) is 7.21. The summed E-state index contributed by atoms with van der Waals surface area (Å²) in [7, 11) is 0. The third kappa shape index (κ3) is 4.84. The number of nitrogens with one attached hydrogen (secondary N) is 1. The summed E-state index contributed by atoms with van der Waals surface area (Å²) in [5.74, 6) is 7.65. The molecule has 0 saturated heterocycles. The van der Waals surface area contributed by atoms with Crippen molar-refractivity contribution in [3.8, 4) is 0 Å². The molecule has 0 amide bonds. The van der Waals surface area contributed by atoms with Gasteiger partial charge < -0.3 is 0 Å². The second-order valence-corrected chi connectivity index (χ2v) is 5.80. The van der Waals surface area contributed by atoms with Gasteiger partial charge in [0.15, 0.2) is 0 Å². The molecule has 5 heteroatoms. The van der Waals surface area contributed by atoms with Gasteiger partial charge in [0.05, 0.1) is 6.04 Å². The summed E-state index contributed by atoms with van der Waals surface area (Å²) in [5, 5.41) is 0.541. The highest BCUT2D eigenvalue weighted by atomic mass is 35.5. The first-order chi connectivity index (χ1) is 8.04. The number of halogens is 2. The lowest BCUT2D eigenvalue weighted by atomic mass is 10.1.